The van der Waals surface area contributed by atoms with Gasteiger partial charge in [0.15, 0.2) is 16.3 Å². The first kappa shape index (κ1) is 17.0. The number of carbonyl (C=O) groups excluding carboxylic acids is 1. The van der Waals surface area contributed by atoms with Gasteiger partial charge in [0.1, 0.15) is 5.82 Å². The zero-order chi connectivity index (χ0) is 18.0. The van der Waals surface area contributed by atoms with E-state index in [-0.39, 0.29) is 33.8 Å². The minimum absolute atomic E-state index is 0.0318. The van der Waals surface area contributed by atoms with E-state index in [9.17, 15) is 14.0 Å². The van der Waals surface area contributed by atoms with E-state index in [1.807, 2.05) is 0 Å². The van der Waals surface area contributed by atoms with Crippen LogP contribution in [0.25, 0.3) is 11.2 Å². The predicted molar refractivity (Wildman–Crippen MR) is 93.2 cm³/mol. The molecule has 0 unspecified atom stereocenters. The fourth-order valence-electron chi connectivity index (χ4n) is 2.03. The average molecular weight is 359 g/mol. The Morgan fingerprint density at radius 2 is 1.84 bits per heavy atom. The number of H-pyrrole nitrogens is 1. The number of hydrogen-bond acceptors (Lipinski definition) is 6. The van der Waals surface area contributed by atoms with Gasteiger partial charge in [-0.1, -0.05) is 11.8 Å². The van der Waals surface area contributed by atoms with E-state index in [1.54, 1.807) is 13.8 Å². The molecule has 128 valence electrons. The largest absolute Gasteiger partial charge is 0.325 e. The maximum absolute atomic E-state index is 12.8. The SMILES string of the molecule is Cc1nc2nc(SCC(=O)Nc3ccc(F)cc3)[nH]c(=O)c2nc1C. The molecule has 3 rings (SSSR count). The lowest BCUT2D eigenvalue weighted by molar-refractivity contribution is -0.113. The second-order valence-electron chi connectivity index (χ2n) is 5.28. The number of aromatic amines is 1. The van der Waals surface area contributed by atoms with E-state index >= 15 is 0 Å². The van der Waals surface area contributed by atoms with Gasteiger partial charge >= 0.3 is 0 Å². The number of rotatable bonds is 4. The Morgan fingerprint density at radius 1 is 1.16 bits per heavy atom. The van der Waals surface area contributed by atoms with Gasteiger partial charge in [-0.25, -0.2) is 19.3 Å². The number of aryl methyl sites for hydroxylation is 2. The molecular formula is C16H14FN5O2S. The normalized spacial score (nSPS) is 10.8. The summed E-state index contributed by atoms with van der Waals surface area (Å²) in [6.07, 6.45) is 0. The van der Waals surface area contributed by atoms with Crippen LogP contribution >= 0.6 is 11.8 Å². The molecule has 0 saturated heterocycles. The second kappa shape index (κ2) is 6.98. The smallest absolute Gasteiger partial charge is 0.279 e. The molecule has 25 heavy (non-hydrogen) atoms. The molecule has 0 aliphatic heterocycles. The van der Waals surface area contributed by atoms with Gasteiger partial charge in [-0.2, -0.15) is 0 Å². The van der Waals surface area contributed by atoms with Crippen LogP contribution in [-0.2, 0) is 4.79 Å². The molecule has 0 bridgehead atoms. The number of thioether (sulfide) groups is 1. The summed E-state index contributed by atoms with van der Waals surface area (Å²) >= 11 is 1.07. The Morgan fingerprint density at radius 3 is 2.56 bits per heavy atom. The van der Waals surface area contributed by atoms with Crippen LogP contribution in [0.5, 0.6) is 0 Å². The van der Waals surface area contributed by atoms with Crippen molar-refractivity contribution in [3.05, 3.63) is 51.8 Å². The average Bonchev–Trinajstić information content (AvgIpc) is 2.57. The van der Waals surface area contributed by atoms with Crippen molar-refractivity contribution in [3.63, 3.8) is 0 Å². The summed E-state index contributed by atoms with van der Waals surface area (Å²) < 4.78 is 12.8. The van der Waals surface area contributed by atoms with Crippen molar-refractivity contribution in [1.29, 1.82) is 0 Å². The summed E-state index contributed by atoms with van der Waals surface area (Å²) in [6.45, 7) is 3.55. The van der Waals surface area contributed by atoms with Gasteiger partial charge in [0.05, 0.1) is 17.1 Å². The molecule has 0 atom stereocenters. The van der Waals surface area contributed by atoms with E-state index < -0.39 is 5.56 Å². The Labute approximate surface area is 146 Å². The van der Waals surface area contributed by atoms with Crippen molar-refractivity contribution in [2.75, 3.05) is 11.1 Å². The number of aromatic nitrogens is 4. The Hall–Kier alpha value is -2.81. The molecule has 3 aromatic rings. The van der Waals surface area contributed by atoms with E-state index in [0.717, 1.165) is 11.8 Å². The van der Waals surface area contributed by atoms with Gasteiger partial charge in [0, 0.05) is 5.69 Å². The molecule has 1 amide bonds. The molecule has 0 fully saturated rings. The van der Waals surface area contributed by atoms with Crippen LogP contribution in [0, 0.1) is 19.7 Å². The van der Waals surface area contributed by atoms with Crippen LogP contribution in [0.2, 0.25) is 0 Å². The van der Waals surface area contributed by atoms with Gasteiger partial charge in [0.2, 0.25) is 5.91 Å². The minimum Gasteiger partial charge on any atom is -0.325 e. The van der Waals surface area contributed by atoms with Gasteiger partial charge in [-0.3, -0.25) is 14.6 Å². The van der Waals surface area contributed by atoms with Crippen molar-refractivity contribution in [2.24, 2.45) is 0 Å². The Bertz CT molecular complexity index is 1000. The zero-order valence-electron chi connectivity index (χ0n) is 13.5. The first-order valence-electron chi connectivity index (χ1n) is 7.36. The zero-order valence-corrected chi connectivity index (χ0v) is 14.3. The fourth-order valence-corrected chi connectivity index (χ4v) is 2.69. The molecule has 0 aliphatic carbocycles. The molecule has 1 aromatic carbocycles. The van der Waals surface area contributed by atoms with Crippen molar-refractivity contribution in [3.8, 4) is 0 Å². The molecule has 0 spiro atoms. The van der Waals surface area contributed by atoms with Crippen LogP contribution in [0.1, 0.15) is 11.4 Å². The number of anilines is 1. The number of nitrogens with zero attached hydrogens (tertiary/aromatic N) is 3. The number of nitrogens with one attached hydrogen (secondary N) is 2. The summed E-state index contributed by atoms with van der Waals surface area (Å²) in [7, 11) is 0. The number of amides is 1. The van der Waals surface area contributed by atoms with Crippen molar-refractivity contribution < 1.29 is 9.18 Å². The van der Waals surface area contributed by atoms with Gasteiger partial charge in [-0.05, 0) is 38.1 Å². The highest BCUT2D eigenvalue weighted by atomic mass is 32.2. The summed E-state index contributed by atoms with van der Waals surface area (Å²) in [4.78, 5) is 39.3. The molecule has 2 heterocycles. The summed E-state index contributed by atoms with van der Waals surface area (Å²) in [5, 5.41) is 2.92. The molecular weight excluding hydrogens is 345 g/mol. The van der Waals surface area contributed by atoms with Gasteiger partial charge in [-0.15, -0.1) is 0 Å². The molecule has 2 aromatic heterocycles. The number of hydrogen-bond donors (Lipinski definition) is 2. The molecule has 0 saturated carbocycles. The maximum atomic E-state index is 12.8. The predicted octanol–water partition coefficient (Wildman–Crippen LogP) is 2.20. The lowest BCUT2D eigenvalue weighted by Crippen LogP contribution is -2.16. The van der Waals surface area contributed by atoms with Crippen LogP contribution in [0.4, 0.5) is 10.1 Å². The van der Waals surface area contributed by atoms with E-state index in [2.05, 4.69) is 25.3 Å². The first-order chi connectivity index (χ1) is 11.9. The molecule has 7 nitrogen and oxygen atoms in total. The lowest BCUT2D eigenvalue weighted by atomic mass is 10.3. The third kappa shape index (κ3) is 4.00. The van der Waals surface area contributed by atoms with Crippen LogP contribution in [0.15, 0.2) is 34.2 Å². The van der Waals surface area contributed by atoms with Crippen LogP contribution in [-0.4, -0.2) is 31.6 Å². The highest BCUT2D eigenvalue weighted by Crippen LogP contribution is 2.15. The molecule has 0 aliphatic rings. The highest BCUT2D eigenvalue weighted by Gasteiger charge is 2.11. The third-order valence-electron chi connectivity index (χ3n) is 3.40. The van der Waals surface area contributed by atoms with Gasteiger partial charge < -0.3 is 5.32 Å². The standard InChI is InChI=1S/C16H14FN5O2S/c1-8-9(2)19-14-13(18-8)15(24)22-16(21-14)25-7-12(23)20-11-5-3-10(17)4-6-11/h3-6H,7H2,1-2H3,(H,20,23)(H,19,21,22,24). The second-order valence-corrected chi connectivity index (χ2v) is 6.25. The van der Waals surface area contributed by atoms with E-state index in [4.69, 9.17) is 0 Å². The van der Waals surface area contributed by atoms with Crippen LogP contribution < -0.4 is 10.9 Å². The quantitative estimate of drug-likeness (QED) is 0.547. The molecule has 2 N–H and O–H groups in total. The molecule has 0 radical (unpaired) electrons. The number of halogens is 1. The number of fused-ring (bicyclic) bond motifs is 1. The Kier molecular flexibility index (Phi) is 4.75. The summed E-state index contributed by atoms with van der Waals surface area (Å²) in [5.41, 5.74) is 1.86. The lowest BCUT2D eigenvalue weighted by Gasteiger charge is -2.06. The Balaban J connectivity index is 1.72. The maximum Gasteiger partial charge on any atom is 0.279 e. The number of benzene rings is 1. The summed E-state index contributed by atoms with van der Waals surface area (Å²) in [6, 6.07) is 5.45. The monoisotopic (exact) mass is 359 g/mol. The van der Waals surface area contributed by atoms with Crippen LogP contribution in [0.3, 0.4) is 0 Å². The third-order valence-corrected chi connectivity index (χ3v) is 4.27. The fraction of sp³-hybridized carbons (Fsp3) is 0.188. The highest BCUT2D eigenvalue weighted by molar-refractivity contribution is 7.99. The van der Waals surface area contributed by atoms with Gasteiger partial charge in [0.25, 0.3) is 5.56 Å². The number of carbonyl (C=O) groups is 1. The molecule has 9 heteroatoms. The minimum atomic E-state index is -0.401. The first-order valence-corrected chi connectivity index (χ1v) is 8.34. The van der Waals surface area contributed by atoms with Crippen molar-refractivity contribution in [1.82, 2.24) is 19.9 Å². The van der Waals surface area contributed by atoms with E-state index in [1.165, 1.54) is 24.3 Å². The van der Waals surface area contributed by atoms with Crippen molar-refractivity contribution in [2.45, 2.75) is 19.0 Å². The summed E-state index contributed by atoms with van der Waals surface area (Å²) in [5.74, 6) is -0.646. The van der Waals surface area contributed by atoms with E-state index in [0.29, 0.717) is 17.1 Å². The van der Waals surface area contributed by atoms with Crippen molar-refractivity contribution >= 4 is 34.5 Å². The topological polar surface area (TPSA) is 101 Å².